The Morgan fingerprint density at radius 2 is 1.62 bits per heavy atom. The summed E-state index contributed by atoms with van der Waals surface area (Å²) < 4.78 is 0. The molecular formula is C35H49NO. The molecule has 2 nitrogen and oxygen atoms in total. The number of rotatable bonds is 14. The molecule has 0 spiro atoms. The predicted octanol–water partition coefficient (Wildman–Crippen LogP) is 8.26. The van der Waals surface area contributed by atoms with Gasteiger partial charge in [-0.3, -0.25) is 4.79 Å². The molecule has 1 aromatic carbocycles. The van der Waals surface area contributed by atoms with Gasteiger partial charge in [-0.05, 0) is 91.2 Å². The molecule has 200 valence electrons. The van der Waals surface area contributed by atoms with E-state index < -0.39 is 0 Å². The highest BCUT2D eigenvalue weighted by Gasteiger charge is 2.54. The van der Waals surface area contributed by atoms with E-state index in [1.165, 1.54) is 29.5 Å². The zero-order valence-corrected chi connectivity index (χ0v) is 24.0. The maximum atomic E-state index is 14.2. The van der Waals surface area contributed by atoms with Crippen molar-refractivity contribution in [2.75, 3.05) is 0 Å². The molecule has 2 saturated carbocycles. The highest BCUT2D eigenvalue weighted by Crippen LogP contribution is 2.59. The molecule has 2 fully saturated rings. The van der Waals surface area contributed by atoms with Crippen LogP contribution in [0.25, 0.3) is 0 Å². The maximum Gasteiger partial charge on any atom is 0.137 e. The number of fused-ring (bicyclic) bond motifs is 1. The molecule has 0 aliphatic heterocycles. The number of Topliss-reactive ketones (excluding diaryl/α,β-unsaturated/α-hetero) is 1. The lowest BCUT2D eigenvalue weighted by molar-refractivity contribution is -0.125. The lowest BCUT2D eigenvalue weighted by Gasteiger charge is -2.35. The van der Waals surface area contributed by atoms with E-state index in [-0.39, 0.29) is 29.2 Å². The maximum absolute atomic E-state index is 14.2. The third-order valence-corrected chi connectivity index (χ3v) is 9.68. The summed E-state index contributed by atoms with van der Waals surface area (Å²) in [5, 5.41) is 3.69. The molecule has 0 amide bonds. The minimum atomic E-state index is 0.000300. The molecule has 0 radical (unpaired) electrons. The van der Waals surface area contributed by atoms with Crippen molar-refractivity contribution in [3.05, 3.63) is 84.1 Å². The number of benzene rings is 1. The van der Waals surface area contributed by atoms with Crippen LogP contribution < -0.4 is 5.32 Å². The van der Waals surface area contributed by atoms with Gasteiger partial charge in [-0.15, -0.1) is 0 Å². The van der Waals surface area contributed by atoms with Crippen LogP contribution in [0.5, 0.6) is 0 Å². The minimum absolute atomic E-state index is 0.000300. The van der Waals surface area contributed by atoms with Crippen LogP contribution in [0.1, 0.15) is 77.8 Å². The fraction of sp³-hybridized carbons (Fsp3) is 0.571. The second-order valence-electron chi connectivity index (χ2n) is 13.4. The molecular weight excluding hydrogens is 450 g/mol. The summed E-state index contributed by atoms with van der Waals surface area (Å²) in [5.74, 6) is 2.33. The molecule has 0 heterocycles. The summed E-state index contributed by atoms with van der Waals surface area (Å²) in [7, 11) is 0. The van der Waals surface area contributed by atoms with E-state index in [1.54, 1.807) is 0 Å². The van der Waals surface area contributed by atoms with Gasteiger partial charge >= 0.3 is 0 Å². The zero-order valence-electron chi connectivity index (χ0n) is 24.0. The lowest BCUT2D eigenvalue weighted by atomic mass is 9.72. The molecule has 3 aliphatic rings. The van der Waals surface area contributed by atoms with Crippen molar-refractivity contribution in [2.45, 2.75) is 85.6 Å². The number of allylic oxidation sites excluding steroid dienone is 3. The fourth-order valence-corrected chi connectivity index (χ4v) is 6.93. The molecule has 0 saturated heterocycles. The first-order valence-electron chi connectivity index (χ1n) is 14.4. The highest BCUT2D eigenvalue weighted by molar-refractivity contribution is 5.83. The molecule has 37 heavy (non-hydrogen) atoms. The summed E-state index contributed by atoms with van der Waals surface area (Å²) in [5.41, 5.74) is 7.33. The van der Waals surface area contributed by atoms with Gasteiger partial charge in [0.15, 0.2) is 0 Å². The zero-order chi connectivity index (χ0) is 27.1. The summed E-state index contributed by atoms with van der Waals surface area (Å²) in [6.07, 6.45) is 7.45. The molecule has 1 aromatic rings. The molecule has 2 heteroatoms. The van der Waals surface area contributed by atoms with Gasteiger partial charge in [-0.1, -0.05) is 95.3 Å². The van der Waals surface area contributed by atoms with Gasteiger partial charge in [-0.2, -0.15) is 0 Å². The van der Waals surface area contributed by atoms with Crippen molar-refractivity contribution < 1.29 is 4.79 Å². The first kappa shape index (κ1) is 27.7. The fourth-order valence-electron chi connectivity index (χ4n) is 6.93. The van der Waals surface area contributed by atoms with E-state index in [0.29, 0.717) is 24.0 Å². The molecule has 5 atom stereocenters. The lowest BCUT2D eigenvalue weighted by Crippen LogP contribution is -2.41. The van der Waals surface area contributed by atoms with Gasteiger partial charge in [0.05, 0.1) is 6.04 Å². The topological polar surface area (TPSA) is 29.1 Å². The Labute approximate surface area is 226 Å². The van der Waals surface area contributed by atoms with Crippen LogP contribution in [0.2, 0.25) is 0 Å². The van der Waals surface area contributed by atoms with Crippen molar-refractivity contribution in [1.82, 2.24) is 5.32 Å². The van der Waals surface area contributed by atoms with E-state index in [9.17, 15) is 4.79 Å². The monoisotopic (exact) mass is 499 g/mol. The average Bonchev–Trinajstić information content (AvgIpc) is 3.71. The number of hydrogen-bond acceptors (Lipinski definition) is 2. The van der Waals surface area contributed by atoms with Crippen LogP contribution in [0.4, 0.5) is 0 Å². The predicted molar refractivity (Wildman–Crippen MR) is 157 cm³/mol. The second-order valence-corrected chi connectivity index (χ2v) is 13.4. The van der Waals surface area contributed by atoms with Crippen LogP contribution in [0.3, 0.4) is 0 Å². The van der Waals surface area contributed by atoms with E-state index in [4.69, 9.17) is 6.58 Å². The molecule has 0 bridgehead atoms. The summed E-state index contributed by atoms with van der Waals surface area (Å²) in [6, 6.07) is 8.91. The van der Waals surface area contributed by atoms with E-state index in [1.807, 2.05) is 13.8 Å². The molecule has 3 aliphatic carbocycles. The normalized spacial score (nSPS) is 23.3. The smallest absolute Gasteiger partial charge is 0.137 e. The number of carbonyl (C=O) groups is 1. The average molecular weight is 500 g/mol. The van der Waals surface area contributed by atoms with Gasteiger partial charge in [0.2, 0.25) is 0 Å². The Morgan fingerprint density at radius 1 is 1.05 bits per heavy atom. The van der Waals surface area contributed by atoms with Crippen LogP contribution in [0, 0.1) is 40.9 Å². The van der Waals surface area contributed by atoms with Crippen molar-refractivity contribution in [1.29, 1.82) is 0 Å². The molecule has 4 rings (SSSR count). The Bertz CT molecular complexity index is 1060. The quantitative estimate of drug-likeness (QED) is 0.206. The second kappa shape index (κ2) is 10.8. The van der Waals surface area contributed by atoms with E-state index in [2.05, 4.69) is 70.1 Å². The summed E-state index contributed by atoms with van der Waals surface area (Å²) >= 11 is 0. The van der Waals surface area contributed by atoms with Crippen LogP contribution in [0.15, 0.2) is 73.0 Å². The highest BCUT2D eigenvalue weighted by atomic mass is 16.1. The van der Waals surface area contributed by atoms with E-state index in [0.717, 1.165) is 48.4 Å². The molecule has 4 unspecified atom stereocenters. The van der Waals surface area contributed by atoms with Gasteiger partial charge < -0.3 is 5.32 Å². The molecule has 1 N–H and O–H groups in total. The van der Waals surface area contributed by atoms with Gasteiger partial charge in [0, 0.05) is 18.0 Å². The van der Waals surface area contributed by atoms with Crippen LogP contribution in [-0.4, -0.2) is 11.8 Å². The molecule has 0 aromatic heterocycles. The first-order valence-corrected chi connectivity index (χ1v) is 14.4. The Kier molecular flexibility index (Phi) is 8.07. The van der Waals surface area contributed by atoms with Crippen molar-refractivity contribution in [3.63, 3.8) is 0 Å². The number of nitrogens with one attached hydrogen (secondary N) is 1. The Hall–Kier alpha value is -2.35. The first-order chi connectivity index (χ1) is 17.4. The van der Waals surface area contributed by atoms with E-state index >= 15 is 0 Å². The standard InChI is InChI=1S/C35H49NO/c1-21(2)23(5)29(16-26-14-15-26)19-32(37)33(31-20-35(31,8)9)24(6)25(7)34(36-22(3)4)30-17-27-12-10-11-13-28(27)18-30/h10-13,24,26,29-31,33-34,36H,1,3,5,7,14-20H2,2,4,6,8-9H3/t24?,29-,31?,33?,34?/m0/s1. The van der Waals surface area contributed by atoms with Crippen molar-refractivity contribution in [3.8, 4) is 0 Å². The van der Waals surface area contributed by atoms with Gasteiger partial charge in [-0.25, -0.2) is 0 Å². The van der Waals surface area contributed by atoms with Gasteiger partial charge in [0.1, 0.15) is 5.78 Å². The van der Waals surface area contributed by atoms with Crippen molar-refractivity contribution >= 4 is 5.78 Å². The third-order valence-electron chi connectivity index (χ3n) is 9.68. The minimum Gasteiger partial charge on any atom is -0.382 e. The van der Waals surface area contributed by atoms with Crippen molar-refractivity contribution in [2.24, 2.45) is 40.9 Å². The Morgan fingerprint density at radius 3 is 2.08 bits per heavy atom. The largest absolute Gasteiger partial charge is 0.382 e. The van der Waals surface area contributed by atoms with Gasteiger partial charge in [0.25, 0.3) is 0 Å². The SMILES string of the molecule is C=C(C)NC(C(=C)C(C)C(C(=O)C[C@H](CC1CC1)C(=C)C(=C)C)C1CC1(C)C)C1Cc2ccccc2C1. The third kappa shape index (κ3) is 6.39. The number of hydrogen-bond donors (Lipinski definition) is 1. The summed E-state index contributed by atoms with van der Waals surface area (Å²) in [4.78, 5) is 14.2. The van der Waals surface area contributed by atoms with Crippen LogP contribution >= 0.6 is 0 Å². The summed E-state index contributed by atoms with van der Waals surface area (Å²) in [6.45, 7) is 28.4. The Balaban J connectivity index is 1.56. The van der Waals surface area contributed by atoms with Crippen LogP contribution in [-0.2, 0) is 17.6 Å². The number of carbonyl (C=O) groups excluding carboxylic acids is 1. The number of ketones is 1.